The fraction of sp³-hybridized carbons (Fsp3) is 0.278. The molecule has 0 spiro atoms. The number of aliphatic hydroxyl groups excluding tert-OH is 1. The van der Waals surface area contributed by atoms with Crippen molar-refractivity contribution in [1.82, 2.24) is 0 Å². The van der Waals surface area contributed by atoms with Gasteiger partial charge in [-0.15, -0.1) is 0 Å². The first kappa shape index (κ1) is 31.3. The van der Waals surface area contributed by atoms with Crippen LogP contribution < -0.4 is 15.5 Å². The summed E-state index contributed by atoms with van der Waals surface area (Å²) in [6.07, 6.45) is -0.102. The van der Waals surface area contributed by atoms with Gasteiger partial charge in [0.05, 0.1) is 29.7 Å². The van der Waals surface area contributed by atoms with E-state index in [0.717, 1.165) is 43.5 Å². The molecule has 0 unspecified atom stereocenters. The Labute approximate surface area is 264 Å². The minimum absolute atomic E-state index is 0.102. The van der Waals surface area contributed by atoms with Crippen LogP contribution in [0.2, 0.25) is 0 Å². The second-order valence-corrected chi connectivity index (χ2v) is 11.8. The minimum atomic E-state index is -4.75. The maximum atomic E-state index is 15.0. The van der Waals surface area contributed by atoms with E-state index in [1.54, 1.807) is 30.3 Å². The van der Waals surface area contributed by atoms with Gasteiger partial charge in [-0.25, -0.2) is 4.39 Å². The van der Waals surface area contributed by atoms with E-state index in [9.17, 15) is 27.9 Å². The van der Waals surface area contributed by atoms with Crippen molar-refractivity contribution in [3.8, 4) is 0 Å². The first-order valence-electron chi connectivity index (χ1n) is 15.3. The lowest BCUT2D eigenvalue weighted by atomic mass is 9.80. The molecule has 2 amide bonds. The lowest BCUT2D eigenvalue weighted by molar-refractivity contribution is -0.138. The first-order valence-corrected chi connectivity index (χ1v) is 15.3. The van der Waals surface area contributed by atoms with Crippen molar-refractivity contribution in [3.63, 3.8) is 0 Å². The summed E-state index contributed by atoms with van der Waals surface area (Å²) in [6, 6.07) is 22.8. The molecule has 4 aromatic carbocycles. The summed E-state index contributed by atoms with van der Waals surface area (Å²) < 4.78 is 56.3. The van der Waals surface area contributed by atoms with Crippen molar-refractivity contribution in [3.05, 3.63) is 125 Å². The Balaban J connectivity index is 1.42. The number of amides is 2. The normalized spacial score (nSPS) is 18.2. The van der Waals surface area contributed by atoms with Crippen LogP contribution in [0.25, 0.3) is 0 Å². The number of nitrogens with zero attached hydrogens (tertiary/aromatic N) is 1. The van der Waals surface area contributed by atoms with Gasteiger partial charge in [-0.1, -0.05) is 61.4 Å². The Morgan fingerprint density at radius 3 is 2.24 bits per heavy atom. The fourth-order valence-electron chi connectivity index (χ4n) is 6.59. The number of aliphatic hydroxyl groups is 1. The molecule has 1 aliphatic carbocycles. The van der Waals surface area contributed by atoms with Crippen LogP contribution in [0.4, 0.5) is 34.6 Å². The van der Waals surface area contributed by atoms with Gasteiger partial charge in [-0.3, -0.25) is 14.5 Å². The van der Waals surface area contributed by atoms with Crippen LogP contribution in [0.3, 0.4) is 0 Å². The van der Waals surface area contributed by atoms with E-state index in [1.807, 2.05) is 24.3 Å². The van der Waals surface area contributed by atoms with E-state index in [0.29, 0.717) is 22.9 Å². The van der Waals surface area contributed by atoms with Gasteiger partial charge in [-0.2, -0.15) is 13.2 Å². The second kappa shape index (κ2) is 13.0. The van der Waals surface area contributed by atoms with Gasteiger partial charge in [0.1, 0.15) is 5.82 Å². The highest BCUT2D eigenvalue weighted by atomic mass is 19.4. The highest BCUT2D eigenvalue weighted by Crippen LogP contribution is 2.44. The SMILES string of the molecule is O=C(Nc1ccc(CO)c(C(F)(F)F)c1)[C@H]1Cc2ccccc2N(C(=O)c2ccccc2F)[C@H]1c1ccc(NC2CCCC2)cc1. The molecule has 1 heterocycles. The zero-order valence-electron chi connectivity index (χ0n) is 24.9. The molecule has 6 nitrogen and oxygen atoms in total. The number of halogens is 4. The van der Waals surface area contributed by atoms with Crippen LogP contribution in [0, 0.1) is 11.7 Å². The molecule has 46 heavy (non-hydrogen) atoms. The number of carbonyl (C=O) groups excluding carboxylic acids is 2. The summed E-state index contributed by atoms with van der Waals surface area (Å²) >= 11 is 0. The van der Waals surface area contributed by atoms with Crippen molar-refractivity contribution >= 4 is 28.9 Å². The number of para-hydroxylation sites is 1. The molecule has 1 saturated carbocycles. The van der Waals surface area contributed by atoms with Gasteiger partial charge in [0.2, 0.25) is 5.91 Å². The van der Waals surface area contributed by atoms with Crippen LogP contribution in [0.1, 0.15) is 64.3 Å². The van der Waals surface area contributed by atoms with E-state index >= 15 is 4.39 Å². The molecule has 1 aliphatic heterocycles. The van der Waals surface area contributed by atoms with Crippen LogP contribution in [0.15, 0.2) is 91.0 Å². The van der Waals surface area contributed by atoms with Crippen LogP contribution in [-0.2, 0) is 24.0 Å². The third kappa shape index (κ3) is 6.35. The van der Waals surface area contributed by atoms with Crippen LogP contribution >= 0.6 is 0 Å². The van der Waals surface area contributed by atoms with Crippen molar-refractivity contribution in [2.24, 2.45) is 5.92 Å². The van der Waals surface area contributed by atoms with E-state index in [2.05, 4.69) is 10.6 Å². The second-order valence-electron chi connectivity index (χ2n) is 11.8. The molecule has 3 N–H and O–H groups in total. The lowest BCUT2D eigenvalue weighted by Crippen LogP contribution is -2.47. The lowest BCUT2D eigenvalue weighted by Gasteiger charge is -2.42. The minimum Gasteiger partial charge on any atom is -0.392 e. The number of benzene rings is 4. The third-order valence-electron chi connectivity index (χ3n) is 8.84. The first-order chi connectivity index (χ1) is 22.1. The monoisotopic (exact) mass is 631 g/mol. The smallest absolute Gasteiger partial charge is 0.392 e. The van der Waals surface area contributed by atoms with Crippen molar-refractivity contribution in [2.75, 3.05) is 15.5 Å². The largest absolute Gasteiger partial charge is 0.416 e. The van der Waals surface area contributed by atoms with Gasteiger partial charge < -0.3 is 15.7 Å². The Morgan fingerprint density at radius 1 is 0.870 bits per heavy atom. The molecule has 0 bridgehead atoms. The Hall–Kier alpha value is -4.70. The average Bonchev–Trinajstić information content (AvgIpc) is 3.57. The van der Waals surface area contributed by atoms with E-state index in [-0.39, 0.29) is 23.2 Å². The summed E-state index contributed by atoms with van der Waals surface area (Å²) in [4.78, 5) is 29.7. The zero-order chi connectivity index (χ0) is 32.4. The maximum Gasteiger partial charge on any atom is 0.416 e. The Kier molecular flexibility index (Phi) is 8.82. The van der Waals surface area contributed by atoms with Crippen molar-refractivity contribution in [1.29, 1.82) is 0 Å². The highest BCUT2D eigenvalue weighted by molar-refractivity contribution is 6.08. The van der Waals surface area contributed by atoms with Crippen molar-refractivity contribution < 1.29 is 32.3 Å². The summed E-state index contributed by atoms with van der Waals surface area (Å²) in [5.74, 6) is -2.92. The topological polar surface area (TPSA) is 81.7 Å². The molecule has 0 radical (unpaired) electrons. The van der Waals surface area contributed by atoms with E-state index in [1.165, 1.54) is 29.2 Å². The molecular formula is C36H33F4N3O3. The quantitative estimate of drug-likeness (QED) is 0.181. The van der Waals surface area contributed by atoms with Gasteiger partial charge >= 0.3 is 6.18 Å². The molecular weight excluding hydrogens is 598 g/mol. The maximum absolute atomic E-state index is 15.0. The predicted octanol–water partition coefficient (Wildman–Crippen LogP) is 7.89. The predicted molar refractivity (Wildman–Crippen MR) is 168 cm³/mol. The Bertz CT molecular complexity index is 1740. The molecule has 4 aromatic rings. The Morgan fingerprint density at radius 2 is 1.54 bits per heavy atom. The average molecular weight is 632 g/mol. The van der Waals surface area contributed by atoms with E-state index < -0.39 is 47.9 Å². The summed E-state index contributed by atoms with van der Waals surface area (Å²) in [5, 5.41) is 15.6. The molecule has 0 saturated heterocycles. The zero-order valence-corrected chi connectivity index (χ0v) is 24.9. The molecule has 10 heteroatoms. The summed E-state index contributed by atoms with van der Waals surface area (Å²) in [5.41, 5.74) is 1.04. The standard InChI is InChI=1S/C36H33F4N3O3/c37-31-11-5-4-10-28(31)35(46)43-32-12-6-1-7-23(32)19-29(33(43)22-13-16-26(17-14-22)41-25-8-2-3-9-25)34(45)42-27-18-15-24(21-44)30(20-27)36(38,39)40/h1,4-7,10-18,20,25,29,33,41,44H,2-3,8-9,19,21H2,(H,42,45)/t29-,33-/m0/s1. The molecule has 1 fully saturated rings. The van der Waals surface area contributed by atoms with Crippen LogP contribution in [0.5, 0.6) is 0 Å². The van der Waals surface area contributed by atoms with Gasteiger partial charge in [-0.05, 0) is 78.4 Å². The molecule has 238 valence electrons. The summed E-state index contributed by atoms with van der Waals surface area (Å²) in [7, 11) is 0. The van der Waals surface area contributed by atoms with Crippen molar-refractivity contribution in [2.45, 2.75) is 57.0 Å². The summed E-state index contributed by atoms with van der Waals surface area (Å²) in [6.45, 7) is -0.816. The number of carbonyl (C=O) groups is 2. The third-order valence-corrected chi connectivity index (χ3v) is 8.84. The van der Waals surface area contributed by atoms with Gasteiger partial charge in [0.15, 0.2) is 0 Å². The fourth-order valence-corrected chi connectivity index (χ4v) is 6.59. The molecule has 2 atom stereocenters. The molecule has 2 aliphatic rings. The number of alkyl halides is 3. The number of anilines is 3. The number of hydrogen-bond acceptors (Lipinski definition) is 4. The number of fused-ring (bicyclic) bond motifs is 1. The van der Waals surface area contributed by atoms with E-state index in [4.69, 9.17) is 0 Å². The molecule has 0 aromatic heterocycles. The molecule has 6 rings (SSSR count). The number of rotatable bonds is 7. The van der Waals surface area contributed by atoms with Gasteiger partial charge in [0.25, 0.3) is 5.91 Å². The number of nitrogens with one attached hydrogen (secondary N) is 2. The van der Waals surface area contributed by atoms with Gasteiger partial charge in [0, 0.05) is 23.1 Å². The van der Waals surface area contributed by atoms with Crippen LogP contribution in [-0.4, -0.2) is 23.0 Å². The number of hydrogen-bond donors (Lipinski definition) is 3. The highest BCUT2D eigenvalue weighted by Gasteiger charge is 2.43.